The van der Waals surface area contributed by atoms with E-state index in [1.165, 1.54) is 0 Å². The molecular weight excluding hydrogens is 234 g/mol. The zero-order valence-electron chi connectivity index (χ0n) is 12.1. The summed E-state index contributed by atoms with van der Waals surface area (Å²) in [6, 6.07) is -0.202. The van der Waals surface area contributed by atoms with Crippen molar-refractivity contribution in [2.45, 2.75) is 70.7 Å². The Hall–Kier alpha value is -0.200. The first-order chi connectivity index (χ1) is 8.09. The molecule has 5 nitrogen and oxygen atoms in total. The molecule has 1 aliphatic rings. The van der Waals surface area contributed by atoms with Crippen LogP contribution in [0.4, 0.5) is 0 Å². The highest BCUT2D eigenvalue weighted by Gasteiger charge is 2.37. The zero-order valence-corrected chi connectivity index (χ0v) is 12.1. The molecule has 1 rings (SSSR count). The molecule has 0 aromatic heterocycles. The van der Waals surface area contributed by atoms with Gasteiger partial charge in [-0.15, -0.1) is 0 Å². The van der Waals surface area contributed by atoms with E-state index in [0.717, 1.165) is 0 Å². The molecule has 3 N–H and O–H groups in total. The number of aliphatic hydroxyl groups is 1. The lowest BCUT2D eigenvalue weighted by Crippen LogP contribution is -2.39. The molecule has 1 saturated heterocycles. The second-order valence-electron chi connectivity index (χ2n) is 6.35. The zero-order chi connectivity index (χ0) is 14.0. The van der Waals surface area contributed by atoms with E-state index in [-0.39, 0.29) is 17.7 Å². The smallest absolute Gasteiger partial charge is 0.163 e. The first-order valence-corrected chi connectivity index (χ1v) is 6.48. The molecule has 0 unspecified atom stereocenters. The van der Waals surface area contributed by atoms with Gasteiger partial charge in [0.25, 0.3) is 0 Å². The van der Waals surface area contributed by atoms with Gasteiger partial charge in [-0.1, -0.05) is 0 Å². The third kappa shape index (κ3) is 5.63. The predicted octanol–water partition coefficient (Wildman–Crippen LogP) is 1.03. The lowest BCUT2D eigenvalue weighted by molar-refractivity contribution is -0.152. The van der Waals surface area contributed by atoms with Crippen molar-refractivity contribution >= 4 is 0 Å². The highest BCUT2D eigenvalue weighted by Crippen LogP contribution is 2.25. The van der Waals surface area contributed by atoms with Crippen LogP contribution in [0.5, 0.6) is 0 Å². The van der Waals surface area contributed by atoms with Crippen molar-refractivity contribution in [2.75, 3.05) is 13.2 Å². The first-order valence-electron chi connectivity index (χ1n) is 6.48. The van der Waals surface area contributed by atoms with E-state index in [9.17, 15) is 5.11 Å². The molecule has 0 amide bonds. The summed E-state index contributed by atoms with van der Waals surface area (Å²) in [7, 11) is 0. The van der Waals surface area contributed by atoms with Crippen molar-refractivity contribution in [1.29, 1.82) is 0 Å². The summed E-state index contributed by atoms with van der Waals surface area (Å²) < 4.78 is 16.6. The van der Waals surface area contributed by atoms with Crippen LogP contribution in [-0.4, -0.2) is 48.0 Å². The van der Waals surface area contributed by atoms with Crippen molar-refractivity contribution in [3.63, 3.8) is 0 Å². The fraction of sp³-hybridized carbons (Fsp3) is 1.00. The van der Waals surface area contributed by atoms with Gasteiger partial charge in [0, 0.05) is 6.04 Å². The van der Waals surface area contributed by atoms with Crippen LogP contribution in [0, 0.1) is 0 Å². The third-order valence-corrected chi connectivity index (χ3v) is 2.73. The Balaban J connectivity index is 2.30. The molecule has 0 radical (unpaired) electrons. The Kier molecular flexibility index (Phi) is 5.14. The van der Waals surface area contributed by atoms with Crippen molar-refractivity contribution < 1.29 is 19.3 Å². The lowest BCUT2D eigenvalue weighted by atomic mass is 10.1. The minimum atomic E-state index is -0.620. The minimum absolute atomic E-state index is 0.202. The summed E-state index contributed by atoms with van der Waals surface area (Å²) in [5, 5.41) is 10.0. The standard InChI is InChI=1S/C13H27NO4/c1-12(2,3)16-7-9(14)6-10(15)11-8-17-13(4,5)18-11/h9-11,15H,6-8,14H2,1-5H3/t9-,10+,11-/m1/s1. The normalized spacial score (nSPS) is 27.2. The van der Waals surface area contributed by atoms with Gasteiger partial charge in [-0.05, 0) is 41.0 Å². The number of hydrogen-bond acceptors (Lipinski definition) is 5. The molecule has 0 aromatic carbocycles. The summed E-state index contributed by atoms with van der Waals surface area (Å²) in [5.74, 6) is -0.613. The molecule has 1 heterocycles. The van der Waals surface area contributed by atoms with Crippen molar-refractivity contribution in [1.82, 2.24) is 0 Å². The van der Waals surface area contributed by atoms with E-state index >= 15 is 0 Å². The number of ether oxygens (including phenoxy) is 3. The van der Waals surface area contributed by atoms with Crippen LogP contribution in [-0.2, 0) is 14.2 Å². The van der Waals surface area contributed by atoms with Crippen molar-refractivity contribution in [3.05, 3.63) is 0 Å². The van der Waals surface area contributed by atoms with E-state index in [2.05, 4.69) is 0 Å². The molecule has 3 atom stereocenters. The van der Waals surface area contributed by atoms with Gasteiger partial charge in [-0.2, -0.15) is 0 Å². The van der Waals surface area contributed by atoms with Crippen LogP contribution in [0.3, 0.4) is 0 Å². The number of rotatable bonds is 5. The Bertz CT molecular complexity index is 262. The number of hydrogen-bond donors (Lipinski definition) is 2. The second-order valence-corrected chi connectivity index (χ2v) is 6.35. The van der Waals surface area contributed by atoms with Gasteiger partial charge in [-0.25, -0.2) is 0 Å². The lowest BCUT2D eigenvalue weighted by Gasteiger charge is -2.25. The average Bonchev–Trinajstić information content (AvgIpc) is 2.55. The maximum atomic E-state index is 10.0. The average molecular weight is 261 g/mol. The van der Waals surface area contributed by atoms with Crippen molar-refractivity contribution in [2.24, 2.45) is 5.73 Å². The maximum Gasteiger partial charge on any atom is 0.163 e. The largest absolute Gasteiger partial charge is 0.390 e. The molecule has 0 aliphatic carbocycles. The van der Waals surface area contributed by atoms with Gasteiger partial charge in [0.1, 0.15) is 6.10 Å². The van der Waals surface area contributed by atoms with E-state index in [4.69, 9.17) is 19.9 Å². The first kappa shape index (κ1) is 15.9. The van der Waals surface area contributed by atoms with Crippen molar-refractivity contribution in [3.8, 4) is 0 Å². The predicted molar refractivity (Wildman–Crippen MR) is 69.2 cm³/mol. The summed E-state index contributed by atoms with van der Waals surface area (Å²) in [5.41, 5.74) is 5.72. The summed E-state index contributed by atoms with van der Waals surface area (Å²) in [4.78, 5) is 0. The molecule has 0 aromatic rings. The van der Waals surface area contributed by atoms with E-state index < -0.39 is 11.9 Å². The summed E-state index contributed by atoms with van der Waals surface area (Å²) >= 11 is 0. The highest BCUT2D eigenvalue weighted by atomic mass is 16.7. The molecule has 0 spiro atoms. The van der Waals surface area contributed by atoms with Gasteiger partial charge < -0.3 is 25.1 Å². The van der Waals surface area contributed by atoms with Gasteiger partial charge in [0.15, 0.2) is 5.79 Å². The molecular formula is C13H27NO4. The number of aliphatic hydroxyl groups excluding tert-OH is 1. The summed E-state index contributed by atoms with van der Waals surface area (Å²) in [6.45, 7) is 10.4. The molecule has 0 bridgehead atoms. The summed E-state index contributed by atoms with van der Waals surface area (Å²) in [6.07, 6.45) is -0.480. The van der Waals surface area contributed by atoms with Crippen LogP contribution in [0.2, 0.25) is 0 Å². The Labute approximate surface area is 110 Å². The maximum absolute atomic E-state index is 10.0. The van der Waals surface area contributed by atoms with Crippen LogP contribution in [0.25, 0.3) is 0 Å². The molecule has 1 fully saturated rings. The SMILES string of the molecule is CC(C)(C)OC[C@H](N)C[C@H](O)[C@H]1COC(C)(C)O1. The Morgan fingerprint density at radius 1 is 1.44 bits per heavy atom. The Morgan fingerprint density at radius 3 is 2.50 bits per heavy atom. The topological polar surface area (TPSA) is 73.9 Å². The van der Waals surface area contributed by atoms with Crippen LogP contribution >= 0.6 is 0 Å². The van der Waals surface area contributed by atoms with E-state index in [1.54, 1.807) is 0 Å². The fourth-order valence-corrected chi connectivity index (χ4v) is 1.79. The second kappa shape index (κ2) is 5.84. The molecule has 5 heteroatoms. The van der Waals surface area contributed by atoms with Crippen LogP contribution in [0.1, 0.15) is 41.0 Å². The minimum Gasteiger partial charge on any atom is -0.390 e. The number of nitrogens with two attached hydrogens (primary N) is 1. The van der Waals surface area contributed by atoms with Gasteiger partial charge in [0.2, 0.25) is 0 Å². The molecule has 108 valence electrons. The molecule has 0 saturated carbocycles. The van der Waals surface area contributed by atoms with E-state index in [0.29, 0.717) is 19.6 Å². The van der Waals surface area contributed by atoms with Gasteiger partial charge >= 0.3 is 0 Å². The van der Waals surface area contributed by atoms with Gasteiger partial charge in [0.05, 0.1) is 24.9 Å². The highest BCUT2D eigenvalue weighted by molar-refractivity contribution is 4.80. The van der Waals surface area contributed by atoms with Crippen LogP contribution in [0.15, 0.2) is 0 Å². The molecule has 18 heavy (non-hydrogen) atoms. The quantitative estimate of drug-likeness (QED) is 0.773. The Morgan fingerprint density at radius 2 is 2.06 bits per heavy atom. The monoisotopic (exact) mass is 261 g/mol. The van der Waals surface area contributed by atoms with Crippen LogP contribution < -0.4 is 5.73 Å². The fourth-order valence-electron chi connectivity index (χ4n) is 1.79. The third-order valence-electron chi connectivity index (χ3n) is 2.73. The van der Waals surface area contributed by atoms with Gasteiger partial charge in [-0.3, -0.25) is 0 Å². The molecule has 1 aliphatic heterocycles. The van der Waals surface area contributed by atoms with E-state index in [1.807, 2.05) is 34.6 Å².